The molecule has 1 aromatic rings. The van der Waals surface area contributed by atoms with E-state index in [0.717, 1.165) is 0 Å². The molecule has 2 rings (SSSR count). The second-order valence-corrected chi connectivity index (χ2v) is 7.08. The minimum Gasteiger partial charge on any atom is -0.480 e. The summed E-state index contributed by atoms with van der Waals surface area (Å²) >= 11 is 0. The van der Waals surface area contributed by atoms with Gasteiger partial charge in [0.15, 0.2) is 0 Å². The van der Waals surface area contributed by atoms with Gasteiger partial charge >= 0.3 is 5.97 Å². The van der Waals surface area contributed by atoms with Gasteiger partial charge < -0.3 is 5.11 Å². The fourth-order valence-electron chi connectivity index (χ4n) is 2.25. The zero-order chi connectivity index (χ0) is 13.9. The molecular weight excluding hydrogens is 266 g/mol. The fourth-order valence-corrected chi connectivity index (χ4v) is 3.74. The highest BCUT2D eigenvalue weighted by molar-refractivity contribution is 7.91. The number of hydrogen-bond acceptors (Lipinski definition) is 4. The van der Waals surface area contributed by atoms with Crippen LogP contribution < -0.4 is 5.32 Å². The number of carboxylic acid groups (broad SMARTS) is 1. The van der Waals surface area contributed by atoms with E-state index in [2.05, 4.69) is 5.32 Å². The van der Waals surface area contributed by atoms with E-state index in [0.29, 0.717) is 18.4 Å². The van der Waals surface area contributed by atoms with Gasteiger partial charge in [0.05, 0.1) is 11.5 Å². The van der Waals surface area contributed by atoms with Crippen LogP contribution in [0.5, 0.6) is 0 Å². The van der Waals surface area contributed by atoms with Gasteiger partial charge in [-0.25, -0.2) is 8.42 Å². The molecule has 1 atom stereocenters. The Kier molecular flexibility index (Phi) is 4.21. The van der Waals surface area contributed by atoms with Crippen LogP contribution in [0, 0.1) is 0 Å². The SMILES string of the molecule is O=C(O)C(NC1CCS(=O)(=O)CC1)c1ccccc1. The van der Waals surface area contributed by atoms with Crippen LogP contribution in [-0.4, -0.2) is 37.0 Å². The lowest BCUT2D eigenvalue weighted by molar-refractivity contribution is -0.139. The number of sulfone groups is 1. The minimum atomic E-state index is -2.92. The molecule has 0 bridgehead atoms. The van der Waals surface area contributed by atoms with Crippen molar-refractivity contribution in [2.24, 2.45) is 0 Å². The normalized spacial score (nSPS) is 20.8. The van der Waals surface area contributed by atoms with Gasteiger partial charge in [-0.05, 0) is 18.4 Å². The van der Waals surface area contributed by atoms with E-state index in [1.165, 1.54) is 0 Å². The highest BCUT2D eigenvalue weighted by atomic mass is 32.2. The van der Waals surface area contributed by atoms with E-state index in [-0.39, 0.29) is 17.5 Å². The molecule has 1 aromatic carbocycles. The summed E-state index contributed by atoms with van der Waals surface area (Å²) in [5.41, 5.74) is 0.684. The van der Waals surface area contributed by atoms with Crippen LogP contribution in [0.15, 0.2) is 30.3 Å². The Morgan fingerprint density at radius 2 is 1.79 bits per heavy atom. The Bertz CT molecular complexity index is 527. The molecule has 1 saturated heterocycles. The molecule has 1 fully saturated rings. The Labute approximate surface area is 112 Å². The van der Waals surface area contributed by atoms with Gasteiger partial charge in [0.2, 0.25) is 0 Å². The van der Waals surface area contributed by atoms with Crippen LogP contribution >= 0.6 is 0 Å². The molecule has 104 valence electrons. The first-order valence-electron chi connectivity index (χ1n) is 6.22. The predicted octanol–water partition coefficient (Wildman–Crippen LogP) is 0.979. The van der Waals surface area contributed by atoms with Gasteiger partial charge in [-0.3, -0.25) is 10.1 Å². The molecule has 0 radical (unpaired) electrons. The lowest BCUT2D eigenvalue weighted by atomic mass is 10.0. The third kappa shape index (κ3) is 3.78. The quantitative estimate of drug-likeness (QED) is 0.860. The molecule has 0 spiro atoms. The summed E-state index contributed by atoms with van der Waals surface area (Å²) in [6, 6.07) is 8.07. The van der Waals surface area contributed by atoms with Crippen molar-refractivity contribution in [3.63, 3.8) is 0 Å². The Hall–Kier alpha value is -1.40. The second kappa shape index (κ2) is 5.71. The Morgan fingerprint density at radius 3 is 2.32 bits per heavy atom. The predicted molar refractivity (Wildman–Crippen MR) is 71.6 cm³/mol. The average molecular weight is 283 g/mol. The molecule has 0 amide bonds. The molecule has 1 aliphatic rings. The van der Waals surface area contributed by atoms with Crippen molar-refractivity contribution in [3.05, 3.63) is 35.9 Å². The third-order valence-electron chi connectivity index (χ3n) is 3.34. The number of nitrogens with one attached hydrogen (secondary N) is 1. The minimum absolute atomic E-state index is 0.0650. The van der Waals surface area contributed by atoms with Crippen LogP contribution in [0.2, 0.25) is 0 Å². The molecule has 5 nitrogen and oxygen atoms in total. The molecular formula is C13H17NO4S. The molecule has 19 heavy (non-hydrogen) atoms. The number of carbonyl (C=O) groups is 1. The molecule has 0 aliphatic carbocycles. The summed E-state index contributed by atoms with van der Waals surface area (Å²) in [5.74, 6) is -0.683. The van der Waals surface area contributed by atoms with E-state index in [1.54, 1.807) is 24.3 Å². The summed E-state index contributed by atoms with van der Waals surface area (Å²) in [5, 5.41) is 12.3. The highest BCUT2D eigenvalue weighted by Gasteiger charge is 2.28. The number of carboxylic acids is 1. The summed E-state index contributed by atoms with van der Waals surface area (Å²) in [4.78, 5) is 11.3. The van der Waals surface area contributed by atoms with Crippen molar-refractivity contribution in [2.75, 3.05) is 11.5 Å². The fraction of sp³-hybridized carbons (Fsp3) is 0.462. The summed E-state index contributed by atoms with van der Waals surface area (Å²) in [6.45, 7) is 0. The Balaban J connectivity index is 2.05. The van der Waals surface area contributed by atoms with E-state index in [9.17, 15) is 18.3 Å². The van der Waals surface area contributed by atoms with Crippen LogP contribution in [0.1, 0.15) is 24.4 Å². The first-order chi connectivity index (χ1) is 8.98. The molecule has 0 saturated carbocycles. The van der Waals surface area contributed by atoms with E-state index >= 15 is 0 Å². The van der Waals surface area contributed by atoms with Gasteiger partial charge in [-0.1, -0.05) is 30.3 Å². The first-order valence-corrected chi connectivity index (χ1v) is 8.04. The van der Waals surface area contributed by atoms with Crippen molar-refractivity contribution in [1.29, 1.82) is 0 Å². The maximum absolute atomic E-state index is 11.3. The lowest BCUT2D eigenvalue weighted by Gasteiger charge is -2.26. The molecule has 1 aliphatic heterocycles. The van der Waals surface area contributed by atoms with Crippen LogP contribution in [0.25, 0.3) is 0 Å². The van der Waals surface area contributed by atoms with E-state index in [1.807, 2.05) is 6.07 Å². The maximum atomic E-state index is 11.3. The lowest BCUT2D eigenvalue weighted by Crippen LogP contribution is -2.42. The van der Waals surface area contributed by atoms with E-state index in [4.69, 9.17) is 0 Å². The van der Waals surface area contributed by atoms with Gasteiger partial charge in [-0.15, -0.1) is 0 Å². The average Bonchev–Trinajstić information content (AvgIpc) is 2.38. The van der Waals surface area contributed by atoms with Crippen LogP contribution in [0.4, 0.5) is 0 Å². The molecule has 6 heteroatoms. The van der Waals surface area contributed by atoms with Gasteiger partial charge in [0, 0.05) is 6.04 Å². The molecule has 1 heterocycles. The topological polar surface area (TPSA) is 83.5 Å². The molecule has 2 N–H and O–H groups in total. The zero-order valence-electron chi connectivity index (χ0n) is 10.5. The number of benzene rings is 1. The smallest absolute Gasteiger partial charge is 0.325 e. The Morgan fingerprint density at radius 1 is 1.21 bits per heavy atom. The van der Waals surface area contributed by atoms with Crippen molar-refractivity contribution in [1.82, 2.24) is 5.32 Å². The second-order valence-electron chi connectivity index (χ2n) is 4.77. The monoisotopic (exact) mass is 283 g/mol. The van der Waals surface area contributed by atoms with Gasteiger partial charge in [-0.2, -0.15) is 0 Å². The summed E-state index contributed by atoms with van der Waals surface area (Å²) in [6.07, 6.45) is 0.942. The maximum Gasteiger partial charge on any atom is 0.325 e. The van der Waals surface area contributed by atoms with Crippen molar-refractivity contribution < 1.29 is 18.3 Å². The standard InChI is InChI=1S/C13H17NO4S/c15-13(16)12(10-4-2-1-3-5-10)14-11-6-8-19(17,18)9-7-11/h1-5,11-12,14H,6-9H2,(H,15,16). The number of aliphatic carboxylic acids is 1. The number of rotatable bonds is 4. The van der Waals surface area contributed by atoms with Crippen LogP contribution in [-0.2, 0) is 14.6 Å². The largest absolute Gasteiger partial charge is 0.480 e. The van der Waals surface area contributed by atoms with Gasteiger partial charge in [0.1, 0.15) is 15.9 Å². The van der Waals surface area contributed by atoms with Crippen molar-refractivity contribution >= 4 is 15.8 Å². The van der Waals surface area contributed by atoms with E-state index < -0.39 is 21.8 Å². The highest BCUT2D eigenvalue weighted by Crippen LogP contribution is 2.18. The zero-order valence-corrected chi connectivity index (χ0v) is 11.3. The first kappa shape index (κ1) is 14.0. The molecule has 1 unspecified atom stereocenters. The number of hydrogen-bond donors (Lipinski definition) is 2. The van der Waals surface area contributed by atoms with Gasteiger partial charge in [0.25, 0.3) is 0 Å². The summed E-state index contributed by atoms with van der Waals surface area (Å²) < 4.78 is 22.7. The molecule has 0 aromatic heterocycles. The third-order valence-corrected chi connectivity index (χ3v) is 5.05. The summed E-state index contributed by atoms with van der Waals surface area (Å²) in [7, 11) is -2.92. The van der Waals surface area contributed by atoms with Crippen molar-refractivity contribution in [2.45, 2.75) is 24.9 Å². The van der Waals surface area contributed by atoms with Crippen molar-refractivity contribution in [3.8, 4) is 0 Å². The van der Waals surface area contributed by atoms with Crippen LogP contribution in [0.3, 0.4) is 0 Å².